The fourth-order valence-corrected chi connectivity index (χ4v) is 3.61. The number of ether oxygens (including phenoxy) is 1. The molecule has 5 nitrogen and oxygen atoms in total. The van der Waals surface area contributed by atoms with Gasteiger partial charge in [0.25, 0.3) is 0 Å². The van der Waals surface area contributed by atoms with Crippen LogP contribution in [0.1, 0.15) is 51.4 Å². The Morgan fingerprint density at radius 1 is 1.18 bits per heavy atom. The molecule has 0 radical (unpaired) electrons. The Balaban J connectivity index is 1.23. The average Bonchev–Trinajstić information content (AvgIpc) is 3.42. The smallest absolute Gasteiger partial charge is 0.315 e. The molecular formula is C17H30N2O3. The van der Waals surface area contributed by atoms with Crippen molar-refractivity contribution in [3.63, 3.8) is 0 Å². The molecule has 0 aromatic rings. The molecule has 0 spiro atoms. The van der Waals surface area contributed by atoms with Gasteiger partial charge in [-0.15, -0.1) is 0 Å². The summed E-state index contributed by atoms with van der Waals surface area (Å²) in [5, 5.41) is 15.6. The van der Waals surface area contributed by atoms with E-state index >= 15 is 0 Å². The number of carbonyl (C=O) groups excluding carboxylic acids is 1. The third kappa shape index (κ3) is 5.13. The molecule has 2 amide bonds. The van der Waals surface area contributed by atoms with Gasteiger partial charge in [-0.05, 0) is 37.0 Å². The Hall–Kier alpha value is -0.810. The van der Waals surface area contributed by atoms with Crippen LogP contribution in [0, 0.1) is 17.8 Å². The van der Waals surface area contributed by atoms with Gasteiger partial charge in [0.2, 0.25) is 0 Å². The molecule has 126 valence electrons. The normalized spacial score (nSPS) is 29.9. The molecule has 0 bridgehead atoms. The Morgan fingerprint density at radius 3 is 2.68 bits per heavy atom. The van der Waals surface area contributed by atoms with Gasteiger partial charge in [0, 0.05) is 19.2 Å². The predicted molar refractivity (Wildman–Crippen MR) is 84.6 cm³/mol. The molecule has 0 aromatic carbocycles. The van der Waals surface area contributed by atoms with E-state index in [2.05, 4.69) is 10.6 Å². The summed E-state index contributed by atoms with van der Waals surface area (Å²) in [5.41, 5.74) is 0. The Kier molecular flexibility index (Phi) is 5.58. The highest BCUT2D eigenvalue weighted by molar-refractivity contribution is 5.74. The molecule has 0 heterocycles. The van der Waals surface area contributed by atoms with E-state index in [0.29, 0.717) is 24.5 Å². The first kappa shape index (κ1) is 16.1. The lowest BCUT2D eigenvalue weighted by Crippen LogP contribution is -2.42. The van der Waals surface area contributed by atoms with Gasteiger partial charge in [-0.25, -0.2) is 4.79 Å². The van der Waals surface area contributed by atoms with Crippen LogP contribution >= 0.6 is 0 Å². The van der Waals surface area contributed by atoms with Crippen molar-refractivity contribution in [3.8, 4) is 0 Å². The minimum absolute atomic E-state index is 0.149. The summed E-state index contributed by atoms with van der Waals surface area (Å²) < 4.78 is 5.42. The first-order valence-corrected chi connectivity index (χ1v) is 9.02. The molecule has 5 heteroatoms. The minimum Gasteiger partial charge on any atom is -0.389 e. The third-order valence-corrected chi connectivity index (χ3v) is 5.27. The molecule has 3 atom stereocenters. The quantitative estimate of drug-likeness (QED) is 0.642. The van der Waals surface area contributed by atoms with E-state index in [0.717, 1.165) is 18.9 Å². The zero-order valence-corrected chi connectivity index (χ0v) is 13.4. The largest absolute Gasteiger partial charge is 0.389 e. The highest BCUT2D eigenvalue weighted by Crippen LogP contribution is 2.44. The van der Waals surface area contributed by atoms with Gasteiger partial charge in [-0.1, -0.05) is 32.1 Å². The Morgan fingerprint density at radius 2 is 1.95 bits per heavy atom. The van der Waals surface area contributed by atoms with Gasteiger partial charge >= 0.3 is 6.03 Å². The molecule has 0 saturated heterocycles. The van der Waals surface area contributed by atoms with Crippen molar-refractivity contribution >= 4 is 6.03 Å². The fourth-order valence-electron chi connectivity index (χ4n) is 3.61. The van der Waals surface area contributed by atoms with E-state index in [4.69, 9.17) is 4.74 Å². The van der Waals surface area contributed by atoms with Gasteiger partial charge in [0.1, 0.15) is 0 Å². The van der Waals surface area contributed by atoms with Crippen LogP contribution < -0.4 is 10.6 Å². The topological polar surface area (TPSA) is 70.6 Å². The zero-order chi connectivity index (χ0) is 15.4. The monoisotopic (exact) mass is 310 g/mol. The van der Waals surface area contributed by atoms with E-state index in [1.54, 1.807) is 0 Å². The lowest BCUT2D eigenvalue weighted by molar-refractivity contribution is 0.0337. The van der Waals surface area contributed by atoms with Crippen molar-refractivity contribution < 1.29 is 14.6 Å². The molecule has 22 heavy (non-hydrogen) atoms. The second-order valence-electron chi connectivity index (χ2n) is 7.39. The highest BCUT2D eigenvalue weighted by atomic mass is 16.5. The van der Waals surface area contributed by atoms with Gasteiger partial charge in [0.15, 0.2) is 0 Å². The minimum atomic E-state index is -0.613. The number of aliphatic hydroxyl groups excluding tert-OH is 1. The summed E-state index contributed by atoms with van der Waals surface area (Å²) in [6.07, 6.45) is 9.77. The van der Waals surface area contributed by atoms with Crippen LogP contribution in [0.4, 0.5) is 4.79 Å². The van der Waals surface area contributed by atoms with E-state index in [-0.39, 0.29) is 12.6 Å². The predicted octanol–water partition coefficient (Wildman–Crippen LogP) is 2.04. The molecule has 3 N–H and O–H groups in total. The van der Waals surface area contributed by atoms with Gasteiger partial charge in [-0.2, -0.15) is 0 Å². The Bertz CT molecular complexity index is 367. The van der Waals surface area contributed by atoms with Crippen LogP contribution in [0.3, 0.4) is 0 Å². The van der Waals surface area contributed by atoms with Crippen molar-refractivity contribution in [1.29, 1.82) is 0 Å². The van der Waals surface area contributed by atoms with Crippen molar-refractivity contribution in [2.24, 2.45) is 17.8 Å². The van der Waals surface area contributed by atoms with E-state index in [1.165, 1.54) is 44.9 Å². The van der Waals surface area contributed by atoms with Crippen molar-refractivity contribution in [2.75, 3.05) is 19.8 Å². The third-order valence-electron chi connectivity index (χ3n) is 5.27. The number of rotatable bonds is 8. The summed E-state index contributed by atoms with van der Waals surface area (Å²) in [5.74, 6) is 2.22. The highest BCUT2D eigenvalue weighted by Gasteiger charge is 2.43. The van der Waals surface area contributed by atoms with Gasteiger partial charge in [0.05, 0.1) is 12.7 Å². The molecular weight excluding hydrogens is 280 g/mol. The molecule has 3 saturated carbocycles. The van der Waals surface area contributed by atoms with Gasteiger partial charge in [-0.3, -0.25) is 0 Å². The standard InChI is InChI=1S/C17H30N2O3/c20-14(11-22-10-12-6-7-12)9-18-17(21)19-16-8-15(16)13-4-2-1-3-5-13/h12-16,20H,1-11H2,(H2,18,19,21). The maximum Gasteiger partial charge on any atom is 0.315 e. The second-order valence-corrected chi connectivity index (χ2v) is 7.39. The first-order valence-electron chi connectivity index (χ1n) is 9.02. The van der Waals surface area contributed by atoms with Crippen LogP contribution in [-0.4, -0.2) is 43.0 Å². The first-order chi connectivity index (χ1) is 10.7. The number of amides is 2. The van der Waals surface area contributed by atoms with E-state index in [1.807, 2.05) is 0 Å². The molecule has 0 aliphatic heterocycles. The lowest BCUT2D eigenvalue weighted by atomic mass is 9.85. The Labute approximate surface area is 133 Å². The zero-order valence-electron chi connectivity index (χ0n) is 13.4. The van der Waals surface area contributed by atoms with Crippen LogP contribution in [0.15, 0.2) is 0 Å². The maximum absolute atomic E-state index is 11.8. The van der Waals surface area contributed by atoms with Crippen molar-refractivity contribution in [2.45, 2.75) is 63.5 Å². The number of carbonyl (C=O) groups is 1. The number of aliphatic hydroxyl groups is 1. The molecule has 3 fully saturated rings. The second kappa shape index (κ2) is 7.64. The lowest BCUT2D eigenvalue weighted by Gasteiger charge is -2.21. The summed E-state index contributed by atoms with van der Waals surface area (Å²) in [7, 11) is 0. The van der Waals surface area contributed by atoms with Crippen LogP contribution in [0.25, 0.3) is 0 Å². The van der Waals surface area contributed by atoms with Crippen molar-refractivity contribution in [1.82, 2.24) is 10.6 Å². The SMILES string of the molecule is O=C(NCC(O)COCC1CC1)NC1CC1C1CCCCC1. The van der Waals surface area contributed by atoms with E-state index in [9.17, 15) is 9.90 Å². The molecule has 3 rings (SSSR count). The maximum atomic E-state index is 11.8. The molecule has 3 aliphatic rings. The summed E-state index contributed by atoms with van der Waals surface area (Å²) >= 11 is 0. The van der Waals surface area contributed by atoms with Crippen LogP contribution in [0.5, 0.6) is 0 Å². The summed E-state index contributed by atoms with van der Waals surface area (Å²) in [4.78, 5) is 11.8. The van der Waals surface area contributed by atoms with Crippen molar-refractivity contribution in [3.05, 3.63) is 0 Å². The molecule has 3 aliphatic carbocycles. The number of hydrogen-bond acceptors (Lipinski definition) is 3. The van der Waals surface area contributed by atoms with Crippen LogP contribution in [-0.2, 0) is 4.74 Å². The average molecular weight is 310 g/mol. The fraction of sp³-hybridized carbons (Fsp3) is 0.941. The number of nitrogens with one attached hydrogen (secondary N) is 2. The summed E-state index contributed by atoms with van der Waals surface area (Å²) in [6.45, 7) is 1.32. The number of hydrogen-bond donors (Lipinski definition) is 3. The van der Waals surface area contributed by atoms with Gasteiger partial charge < -0.3 is 20.5 Å². The molecule has 0 aromatic heterocycles. The number of urea groups is 1. The molecule has 3 unspecified atom stereocenters. The summed E-state index contributed by atoms with van der Waals surface area (Å²) in [6, 6.07) is 0.205. The van der Waals surface area contributed by atoms with Crippen LogP contribution in [0.2, 0.25) is 0 Å². The van der Waals surface area contributed by atoms with E-state index < -0.39 is 6.10 Å².